The van der Waals surface area contributed by atoms with Gasteiger partial charge in [-0.2, -0.15) is 0 Å². The number of amides is 1. The number of rotatable bonds is 9. The smallest absolute Gasteiger partial charge is 0.264 e. The SMILES string of the molecule is CC(C(=O)Nc1cccc2c(S(=O)(=O)Nc3nccs3)cccc12)n1ccc2ccccc21.Nc1cccc2c(S(=O)(=O)Nc3nccs3)cccc12. The Hall–Kier alpha value is -5.81. The van der Waals surface area contributed by atoms with Crippen LogP contribution in [-0.2, 0) is 24.8 Å². The molecule has 3 aromatic heterocycles. The van der Waals surface area contributed by atoms with Crippen LogP contribution in [0, 0.1) is 0 Å². The molecule has 53 heavy (non-hydrogen) atoms. The van der Waals surface area contributed by atoms with E-state index in [-0.39, 0.29) is 15.7 Å². The first-order valence-electron chi connectivity index (χ1n) is 16.0. The standard InChI is InChI=1S/C24H20N4O3S2.C13H11N3O2S2/c1-16(28-14-12-17-6-2-3-10-21(17)28)23(29)26-20-9-4-8-19-18(20)7-5-11-22(19)33(30,31)27-24-25-13-15-32-24;14-11-5-1-4-10-9(11)3-2-6-12(10)20(17,18)16-13-15-7-8-19-13/h2-16H,1H3,(H,25,27)(H,26,29);1-8H,14H2,(H,15,16). The van der Waals surface area contributed by atoms with Gasteiger partial charge in [0.15, 0.2) is 10.3 Å². The molecule has 1 atom stereocenters. The number of nitrogen functional groups attached to an aromatic ring is 1. The van der Waals surface area contributed by atoms with E-state index < -0.39 is 26.1 Å². The molecule has 0 spiro atoms. The summed E-state index contributed by atoms with van der Waals surface area (Å²) in [7, 11) is -7.53. The minimum absolute atomic E-state index is 0.121. The summed E-state index contributed by atoms with van der Waals surface area (Å²) in [6.07, 6.45) is 4.98. The summed E-state index contributed by atoms with van der Waals surface area (Å²) in [5.41, 5.74) is 7.95. The van der Waals surface area contributed by atoms with E-state index >= 15 is 0 Å². The highest BCUT2D eigenvalue weighted by Gasteiger charge is 2.22. The maximum atomic E-state index is 13.1. The molecule has 5 N–H and O–H groups in total. The van der Waals surface area contributed by atoms with Crippen LogP contribution in [0.25, 0.3) is 32.4 Å². The lowest BCUT2D eigenvalue weighted by atomic mass is 10.1. The summed E-state index contributed by atoms with van der Waals surface area (Å²) in [4.78, 5) is 21.4. The van der Waals surface area contributed by atoms with Crippen molar-refractivity contribution in [2.75, 3.05) is 20.5 Å². The summed E-state index contributed by atoms with van der Waals surface area (Å²) >= 11 is 2.43. The van der Waals surface area contributed by atoms with Gasteiger partial charge in [-0.1, -0.05) is 66.7 Å². The summed E-state index contributed by atoms with van der Waals surface area (Å²) < 4.78 is 57.8. The molecule has 1 amide bonds. The van der Waals surface area contributed by atoms with Gasteiger partial charge in [0, 0.05) is 67.8 Å². The molecular formula is C37H31N7O5S4. The zero-order chi connectivity index (χ0) is 37.2. The molecule has 8 aromatic rings. The monoisotopic (exact) mass is 781 g/mol. The zero-order valence-corrected chi connectivity index (χ0v) is 31.1. The third kappa shape index (κ3) is 7.43. The van der Waals surface area contributed by atoms with Crippen molar-refractivity contribution in [3.05, 3.63) is 132 Å². The van der Waals surface area contributed by atoms with Gasteiger partial charge in [0.1, 0.15) is 6.04 Å². The molecule has 0 fully saturated rings. The molecule has 3 heterocycles. The van der Waals surface area contributed by atoms with E-state index in [1.165, 1.54) is 28.9 Å². The van der Waals surface area contributed by atoms with E-state index in [9.17, 15) is 21.6 Å². The fourth-order valence-corrected chi connectivity index (χ4v) is 9.88. The van der Waals surface area contributed by atoms with Gasteiger partial charge in [0.2, 0.25) is 5.91 Å². The minimum Gasteiger partial charge on any atom is -0.398 e. The number of aromatic nitrogens is 3. The lowest BCUT2D eigenvalue weighted by Gasteiger charge is -2.17. The molecule has 0 aliphatic heterocycles. The average Bonchev–Trinajstić information content (AvgIpc) is 3.95. The second-order valence-electron chi connectivity index (χ2n) is 11.7. The highest BCUT2D eigenvalue weighted by atomic mass is 32.2. The van der Waals surface area contributed by atoms with Crippen LogP contribution in [0.4, 0.5) is 21.6 Å². The van der Waals surface area contributed by atoms with Crippen molar-refractivity contribution in [1.29, 1.82) is 0 Å². The maximum Gasteiger partial charge on any atom is 0.264 e. The van der Waals surface area contributed by atoms with Crippen molar-refractivity contribution in [1.82, 2.24) is 14.5 Å². The fraction of sp³-hybridized carbons (Fsp3) is 0.0541. The number of nitrogens with zero attached hydrogens (tertiary/aromatic N) is 3. The molecule has 0 aliphatic carbocycles. The molecule has 268 valence electrons. The Bertz CT molecular complexity index is 2800. The number of nitrogens with one attached hydrogen (secondary N) is 3. The zero-order valence-electron chi connectivity index (χ0n) is 27.9. The summed E-state index contributed by atoms with van der Waals surface area (Å²) in [6.45, 7) is 1.83. The van der Waals surface area contributed by atoms with Gasteiger partial charge < -0.3 is 15.6 Å². The van der Waals surface area contributed by atoms with Gasteiger partial charge in [0.05, 0.1) is 9.79 Å². The minimum atomic E-state index is -3.85. The molecule has 0 radical (unpaired) electrons. The fourth-order valence-electron chi connectivity index (χ4n) is 5.86. The molecular weight excluding hydrogens is 751 g/mol. The quantitative estimate of drug-likeness (QED) is 0.107. The van der Waals surface area contributed by atoms with Gasteiger partial charge >= 0.3 is 0 Å². The van der Waals surface area contributed by atoms with E-state index in [0.29, 0.717) is 37.8 Å². The molecule has 0 bridgehead atoms. The van der Waals surface area contributed by atoms with Crippen molar-refractivity contribution >= 4 is 103 Å². The summed E-state index contributed by atoms with van der Waals surface area (Å²) in [5.74, 6) is -0.196. The number of hydrogen-bond acceptors (Lipinski definition) is 10. The maximum absolute atomic E-state index is 13.1. The van der Waals surface area contributed by atoms with Gasteiger partial charge in [-0.15, -0.1) is 22.7 Å². The Kier molecular flexibility index (Phi) is 9.85. The van der Waals surface area contributed by atoms with Gasteiger partial charge in [-0.25, -0.2) is 26.8 Å². The van der Waals surface area contributed by atoms with Crippen LogP contribution < -0.4 is 20.5 Å². The number of anilines is 4. The average molecular weight is 782 g/mol. The number of para-hydroxylation sites is 1. The lowest BCUT2D eigenvalue weighted by Crippen LogP contribution is -2.23. The molecule has 0 saturated heterocycles. The van der Waals surface area contributed by atoms with Crippen LogP contribution in [-0.4, -0.2) is 37.3 Å². The van der Waals surface area contributed by atoms with Crippen LogP contribution in [0.2, 0.25) is 0 Å². The predicted molar refractivity (Wildman–Crippen MR) is 213 cm³/mol. The number of nitrogens with two attached hydrogens (primary N) is 1. The van der Waals surface area contributed by atoms with E-state index in [1.807, 2.05) is 48.0 Å². The Labute approximate surface area is 313 Å². The predicted octanol–water partition coefficient (Wildman–Crippen LogP) is 7.93. The molecule has 1 unspecified atom stereocenters. The number of hydrogen-bond donors (Lipinski definition) is 4. The molecule has 0 aliphatic rings. The van der Waals surface area contributed by atoms with Crippen molar-refractivity contribution in [3.63, 3.8) is 0 Å². The van der Waals surface area contributed by atoms with Crippen molar-refractivity contribution < 1.29 is 21.6 Å². The van der Waals surface area contributed by atoms with Gasteiger partial charge in [0.25, 0.3) is 20.0 Å². The first-order valence-corrected chi connectivity index (χ1v) is 20.7. The number of sulfonamides is 2. The number of carbonyl (C=O) groups excluding carboxylic acids is 1. The van der Waals surface area contributed by atoms with Gasteiger partial charge in [-0.3, -0.25) is 14.2 Å². The first-order chi connectivity index (χ1) is 25.5. The number of carbonyl (C=O) groups is 1. The lowest BCUT2D eigenvalue weighted by molar-refractivity contribution is -0.118. The topological polar surface area (TPSA) is 178 Å². The third-order valence-electron chi connectivity index (χ3n) is 8.37. The first kappa shape index (κ1) is 35.6. The van der Waals surface area contributed by atoms with E-state index in [4.69, 9.17) is 5.73 Å². The molecule has 12 nitrogen and oxygen atoms in total. The van der Waals surface area contributed by atoms with Crippen LogP contribution in [0.1, 0.15) is 13.0 Å². The second-order valence-corrected chi connectivity index (χ2v) is 16.8. The highest BCUT2D eigenvalue weighted by Crippen LogP contribution is 2.32. The highest BCUT2D eigenvalue weighted by molar-refractivity contribution is 7.93. The van der Waals surface area contributed by atoms with Crippen LogP contribution >= 0.6 is 22.7 Å². The Morgan fingerprint density at radius 3 is 1.85 bits per heavy atom. The van der Waals surface area contributed by atoms with Gasteiger partial charge in [-0.05, 0) is 48.7 Å². The number of benzene rings is 5. The van der Waals surface area contributed by atoms with Crippen molar-refractivity contribution in [2.24, 2.45) is 0 Å². The van der Waals surface area contributed by atoms with Crippen LogP contribution in [0.5, 0.6) is 0 Å². The Morgan fingerprint density at radius 2 is 1.23 bits per heavy atom. The third-order valence-corrected chi connectivity index (χ3v) is 12.8. The molecule has 16 heteroatoms. The molecule has 5 aromatic carbocycles. The van der Waals surface area contributed by atoms with E-state index in [2.05, 4.69) is 24.7 Å². The Balaban J connectivity index is 0.000000186. The number of thiazole rings is 2. The molecule has 0 saturated carbocycles. The van der Waals surface area contributed by atoms with Crippen molar-refractivity contribution in [3.8, 4) is 0 Å². The van der Waals surface area contributed by atoms with Crippen molar-refractivity contribution in [2.45, 2.75) is 22.8 Å². The second kappa shape index (κ2) is 14.7. The molecule has 8 rings (SSSR count). The summed E-state index contributed by atoms with van der Waals surface area (Å²) in [5, 5.41) is 10.5. The largest absolute Gasteiger partial charge is 0.398 e. The Morgan fingerprint density at radius 1 is 0.679 bits per heavy atom. The van der Waals surface area contributed by atoms with Crippen LogP contribution in [0.15, 0.2) is 142 Å². The number of fused-ring (bicyclic) bond motifs is 3. The summed E-state index contributed by atoms with van der Waals surface area (Å²) in [6, 6.07) is 29.9. The normalized spacial score (nSPS) is 12.2. The van der Waals surface area contributed by atoms with Crippen LogP contribution in [0.3, 0.4) is 0 Å². The van der Waals surface area contributed by atoms with E-state index in [1.54, 1.807) is 89.8 Å². The van der Waals surface area contributed by atoms with E-state index in [0.717, 1.165) is 16.3 Å².